The van der Waals surface area contributed by atoms with Gasteiger partial charge in [0.1, 0.15) is 0 Å². The minimum absolute atomic E-state index is 0. The molecular formula is C27H21BrN4O3S. The van der Waals surface area contributed by atoms with E-state index in [1.54, 1.807) is 4.57 Å². The van der Waals surface area contributed by atoms with Crippen molar-refractivity contribution in [1.29, 1.82) is 0 Å². The maximum atomic E-state index is 12.7. The molecule has 0 aliphatic carbocycles. The summed E-state index contributed by atoms with van der Waals surface area (Å²) in [7, 11) is 0. The van der Waals surface area contributed by atoms with Gasteiger partial charge in [0, 0.05) is 18.6 Å². The van der Waals surface area contributed by atoms with Gasteiger partial charge in [-0.1, -0.05) is 48.5 Å². The summed E-state index contributed by atoms with van der Waals surface area (Å²) in [6.07, 6.45) is 4.43. The number of carbonyl (C=O) groups is 1. The molecule has 0 radical (unpaired) electrons. The van der Waals surface area contributed by atoms with Gasteiger partial charge in [0.25, 0.3) is 5.69 Å². The fourth-order valence-electron chi connectivity index (χ4n) is 3.88. The lowest BCUT2D eigenvalue weighted by Crippen LogP contribution is -3.00. The lowest BCUT2D eigenvalue weighted by molar-refractivity contribution is -0.682. The number of carbonyl (C=O) groups excluding carboxylic acids is 1. The van der Waals surface area contributed by atoms with Gasteiger partial charge in [0.05, 0.1) is 37.8 Å². The highest BCUT2D eigenvalue weighted by molar-refractivity contribution is 7.12. The van der Waals surface area contributed by atoms with Crippen LogP contribution in [0.15, 0.2) is 103 Å². The summed E-state index contributed by atoms with van der Waals surface area (Å²) < 4.78 is 3.71. The number of rotatable bonds is 8. The molecular weight excluding hydrogens is 540 g/mol. The van der Waals surface area contributed by atoms with Crippen LogP contribution >= 0.6 is 11.3 Å². The Hall–Kier alpha value is -3.95. The van der Waals surface area contributed by atoms with Crippen molar-refractivity contribution in [2.24, 2.45) is 0 Å². The summed E-state index contributed by atoms with van der Waals surface area (Å²) in [5, 5.41) is 17.2. The van der Waals surface area contributed by atoms with E-state index in [0.717, 1.165) is 34.0 Å². The summed E-state index contributed by atoms with van der Waals surface area (Å²) in [4.78, 5) is 23.6. The van der Waals surface area contributed by atoms with Gasteiger partial charge >= 0.3 is 0 Å². The Labute approximate surface area is 222 Å². The molecule has 9 heteroatoms. The number of ketones is 1. The molecule has 2 aromatic carbocycles. The first-order valence-electron chi connectivity index (χ1n) is 11.0. The molecule has 0 spiro atoms. The van der Waals surface area contributed by atoms with Crippen molar-refractivity contribution in [1.82, 2.24) is 9.78 Å². The Morgan fingerprint density at radius 2 is 1.72 bits per heavy atom. The zero-order chi connectivity index (χ0) is 24.2. The van der Waals surface area contributed by atoms with E-state index in [2.05, 4.69) is 18.2 Å². The topological polar surface area (TPSA) is 81.9 Å². The van der Waals surface area contributed by atoms with Gasteiger partial charge in [-0.15, -0.1) is 11.3 Å². The molecule has 0 saturated heterocycles. The predicted octanol–water partition coefficient (Wildman–Crippen LogP) is 2.27. The molecule has 3 aromatic heterocycles. The van der Waals surface area contributed by atoms with Crippen molar-refractivity contribution in [3.8, 4) is 16.9 Å². The van der Waals surface area contributed by atoms with Gasteiger partial charge in [-0.05, 0) is 29.8 Å². The molecule has 0 atom stereocenters. The van der Waals surface area contributed by atoms with Crippen LogP contribution in [0, 0.1) is 10.1 Å². The van der Waals surface area contributed by atoms with Crippen LogP contribution in [0.1, 0.15) is 20.9 Å². The Morgan fingerprint density at radius 1 is 1.00 bits per heavy atom. The lowest BCUT2D eigenvalue weighted by Gasteiger charge is -2.07. The molecule has 0 aliphatic heterocycles. The number of hydrogen-bond donors (Lipinski definition) is 0. The second-order valence-electron chi connectivity index (χ2n) is 8.05. The molecule has 5 rings (SSSR count). The summed E-state index contributed by atoms with van der Waals surface area (Å²) in [6.45, 7) is 0.0852. The average Bonchev–Trinajstić information content (AvgIpc) is 3.54. The van der Waals surface area contributed by atoms with E-state index < -0.39 is 4.92 Å². The van der Waals surface area contributed by atoms with Crippen LogP contribution in [0.4, 0.5) is 5.69 Å². The largest absolute Gasteiger partial charge is 1.00 e. The molecule has 0 N–H and O–H groups in total. The van der Waals surface area contributed by atoms with Crippen molar-refractivity contribution >= 4 is 22.8 Å². The van der Waals surface area contributed by atoms with E-state index in [9.17, 15) is 14.9 Å². The van der Waals surface area contributed by atoms with Crippen molar-refractivity contribution < 1.29 is 31.3 Å². The summed E-state index contributed by atoms with van der Waals surface area (Å²) in [5.41, 5.74) is 4.82. The Bertz CT molecular complexity index is 1500. The lowest BCUT2D eigenvalue weighted by atomic mass is 10.1. The minimum Gasteiger partial charge on any atom is -1.00 e. The first-order chi connectivity index (χ1) is 17.1. The normalized spacial score (nSPS) is 10.6. The molecule has 180 valence electrons. The molecule has 36 heavy (non-hydrogen) atoms. The van der Waals surface area contributed by atoms with E-state index in [4.69, 9.17) is 5.10 Å². The van der Waals surface area contributed by atoms with Gasteiger partial charge < -0.3 is 17.0 Å². The minimum atomic E-state index is -0.487. The molecule has 0 amide bonds. The van der Waals surface area contributed by atoms with Crippen molar-refractivity contribution in [3.05, 3.63) is 129 Å². The number of Topliss-reactive ketones (excluding diaryl/α,β-unsaturated/α-hetero) is 1. The molecule has 0 fully saturated rings. The molecule has 7 nitrogen and oxygen atoms in total. The zero-order valence-corrected chi connectivity index (χ0v) is 21.4. The second-order valence-corrected chi connectivity index (χ2v) is 8.96. The summed E-state index contributed by atoms with van der Waals surface area (Å²) in [5.74, 6) is -0.174. The SMILES string of the molecule is O=C(C[n+]1cccc(-c2cc(Cc3ccccc3)nn2-c2ccccc2)c1)c1cc([N+](=O)[O-])cs1.[Br-]. The third kappa shape index (κ3) is 5.64. The van der Waals surface area contributed by atoms with Crippen LogP contribution in [0.5, 0.6) is 0 Å². The highest BCUT2D eigenvalue weighted by Gasteiger charge is 2.20. The molecule has 3 heterocycles. The molecule has 0 saturated carbocycles. The van der Waals surface area contributed by atoms with Gasteiger partial charge in [0.2, 0.25) is 12.3 Å². The number of aromatic nitrogens is 3. The maximum Gasteiger partial charge on any atom is 0.280 e. The molecule has 0 bridgehead atoms. The zero-order valence-electron chi connectivity index (χ0n) is 19.0. The fourth-order valence-corrected chi connectivity index (χ4v) is 4.66. The predicted molar refractivity (Wildman–Crippen MR) is 134 cm³/mol. The third-order valence-electron chi connectivity index (χ3n) is 5.54. The Kier molecular flexibility index (Phi) is 7.82. The van der Waals surface area contributed by atoms with E-state index in [-0.39, 0.29) is 35.0 Å². The van der Waals surface area contributed by atoms with Crippen LogP contribution in [-0.2, 0) is 13.0 Å². The Morgan fingerprint density at radius 3 is 2.42 bits per heavy atom. The van der Waals surface area contributed by atoms with Crippen LogP contribution in [-0.4, -0.2) is 20.5 Å². The number of halogens is 1. The Balaban J connectivity index is 0.00000304. The van der Waals surface area contributed by atoms with Gasteiger partial charge in [-0.25, -0.2) is 4.68 Å². The first kappa shape index (κ1) is 25.2. The number of benzene rings is 2. The van der Waals surface area contributed by atoms with E-state index in [1.165, 1.54) is 17.0 Å². The second kappa shape index (κ2) is 11.2. The highest BCUT2D eigenvalue weighted by Crippen LogP contribution is 2.25. The monoisotopic (exact) mass is 560 g/mol. The number of para-hydroxylation sites is 1. The van der Waals surface area contributed by atoms with E-state index in [1.807, 2.05) is 77.7 Å². The van der Waals surface area contributed by atoms with Crippen LogP contribution < -0.4 is 21.5 Å². The third-order valence-corrected chi connectivity index (χ3v) is 6.50. The molecule has 5 aromatic rings. The average molecular weight is 561 g/mol. The van der Waals surface area contributed by atoms with Crippen molar-refractivity contribution in [2.75, 3.05) is 0 Å². The number of nitrogens with zero attached hydrogens (tertiary/aromatic N) is 4. The maximum absolute atomic E-state index is 12.7. The summed E-state index contributed by atoms with van der Waals surface area (Å²) in [6, 6.07) is 27.4. The van der Waals surface area contributed by atoms with Crippen LogP contribution in [0.25, 0.3) is 16.9 Å². The fraction of sp³-hybridized carbons (Fsp3) is 0.0741. The van der Waals surface area contributed by atoms with Gasteiger partial charge in [-0.2, -0.15) is 9.67 Å². The van der Waals surface area contributed by atoms with E-state index >= 15 is 0 Å². The van der Waals surface area contributed by atoms with E-state index in [0.29, 0.717) is 11.3 Å². The smallest absolute Gasteiger partial charge is 0.280 e. The molecule has 0 aliphatic rings. The van der Waals surface area contributed by atoms with Crippen LogP contribution in [0.2, 0.25) is 0 Å². The van der Waals surface area contributed by atoms with Crippen LogP contribution in [0.3, 0.4) is 0 Å². The van der Waals surface area contributed by atoms with Gasteiger partial charge in [0.15, 0.2) is 12.4 Å². The molecule has 0 unspecified atom stereocenters. The number of pyridine rings is 1. The quantitative estimate of drug-likeness (QED) is 0.126. The van der Waals surface area contributed by atoms with Gasteiger partial charge in [-0.3, -0.25) is 14.9 Å². The number of hydrogen-bond acceptors (Lipinski definition) is 5. The van der Waals surface area contributed by atoms with Crippen molar-refractivity contribution in [3.63, 3.8) is 0 Å². The first-order valence-corrected chi connectivity index (χ1v) is 11.9. The number of nitro groups is 1. The summed E-state index contributed by atoms with van der Waals surface area (Å²) >= 11 is 1.09. The highest BCUT2D eigenvalue weighted by atomic mass is 79.9. The van der Waals surface area contributed by atoms with Crippen molar-refractivity contribution in [2.45, 2.75) is 13.0 Å². The standard InChI is InChI=1S/C27H21N4O3S.BrH/c32-26(27-16-24(19-35-27)31(33)34)18-29-13-7-10-21(17-29)25-15-22(14-20-8-3-1-4-9-20)28-30(25)23-11-5-2-6-12-23;/h1-13,15-17,19H,14,18H2;1H/q+1;/p-1. The number of thiophene rings is 1.